The van der Waals surface area contributed by atoms with E-state index in [4.69, 9.17) is 0 Å². The summed E-state index contributed by atoms with van der Waals surface area (Å²) in [4.78, 5) is 3.27. The minimum absolute atomic E-state index is 0.0159. The zero-order valence-corrected chi connectivity index (χ0v) is 14.0. The first-order valence-corrected chi connectivity index (χ1v) is 8.42. The van der Waals surface area contributed by atoms with Crippen LogP contribution in [0.2, 0.25) is 0 Å². The number of benzene rings is 1. The number of aliphatic hydroxyl groups is 1. The van der Waals surface area contributed by atoms with Gasteiger partial charge >= 0.3 is 0 Å². The first kappa shape index (κ1) is 15.6. The number of para-hydroxylation sites is 1. The van der Waals surface area contributed by atoms with Crippen LogP contribution in [0.25, 0.3) is 16.6 Å². The fraction of sp³-hybridized carbons (Fsp3) is 0.278. The molecule has 128 valence electrons. The van der Waals surface area contributed by atoms with Crippen LogP contribution >= 0.6 is 0 Å². The molecule has 0 aliphatic carbocycles. The first-order valence-electron chi connectivity index (χ1n) is 8.42. The Bertz CT molecular complexity index is 1010. The van der Waals surface area contributed by atoms with Crippen molar-refractivity contribution in [3.63, 3.8) is 0 Å². The summed E-state index contributed by atoms with van der Waals surface area (Å²) in [5, 5.41) is 27.1. The standard InChI is InChI=1S/C18H20N6O/c1-2-17-21-22-18-8-7-16(23-24(17)18)20-13(11-25)9-12-10-19-15-6-4-3-5-14(12)15/h3-8,10,13,19,25H,2,9,11H2,1H3,(H,20,23). The number of nitrogens with one attached hydrogen (secondary N) is 2. The number of anilines is 1. The van der Waals surface area contributed by atoms with Gasteiger partial charge < -0.3 is 15.4 Å². The summed E-state index contributed by atoms with van der Waals surface area (Å²) in [7, 11) is 0. The van der Waals surface area contributed by atoms with Crippen LogP contribution in [0, 0.1) is 0 Å². The van der Waals surface area contributed by atoms with Gasteiger partial charge in [0.25, 0.3) is 0 Å². The molecular formula is C18H20N6O. The molecule has 0 aliphatic rings. The van der Waals surface area contributed by atoms with Crippen molar-refractivity contribution in [3.8, 4) is 0 Å². The molecule has 7 heteroatoms. The summed E-state index contributed by atoms with van der Waals surface area (Å²) in [5.41, 5.74) is 2.99. The monoisotopic (exact) mass is 336 g/mol. The Morgan fingerprint density at radius 3 is 2.92 bits per heavy atom. The van der Waals surface area contributed by atoms with Crippen molar-refractivity contribution >= 4 is 22.4 Å². The van der Waals surface area contributed by atoms with Crippen molar-refractivity contribution in [1.29, 1.82) is 0 Å². The van der Waals surface area contributed by atoms with Gasteiger partial charge in [-0.05, 0) is 30.2 Å². The van der Waals surface area contributed by atoms with Crippen LogP contribution in [0.1, 0.15) is 18.3 Å². The molecule has 3 heterocycles. The third-order valence-electron chi connectivity index (χ3n) is 4.36. The Kier molecular flexibility index (Phi) is 4.07. The quantitative estimate of drug-likeness (QED) is 0.502. The summed E-state index contributed by atoms with van der Waals surface area (Å²) in [6, 6.07) is 11.8. The topological polar surface area (TPSA) is 91.1 Å². The Labute approximate surface area is 144 Å². The summed E-state index contributed by atoms with van der Waals surface area (Å²) in [6.07, 6.45) is 3.46. The molecular weight excluding hydrogens is 316 g/mol. The Morgan fingerprint density at radius 1 is 1.20 bits per heavy atom. The van der Waals surface area contributed by atoms with E-state index in [2.05, 4.69) is 31.7 Å². The van der Waals surface area contributed by atoms with E-state index in [1.807, 2.05) is 43.5 Å². The van der Waals surface area contributed by atoms with E-state index < -0.39 is 0 Å². The fourth-order valence-corrected chi connectivity index (χ4v) is 3.07. The molecule has 0 saturated carbocycles. The molecule has 7 nitrogen and oxygen atoms in total. The number of rotatable bonds is 6. The molecule has 0 saturated heterocycles. The highest BCUT2D eigenvalue weighted by molar-refractivity contribution is 5.83. The van der Waals surface area contributed by atoms with Crippen molar-refractivity contribution in [3.05, 3.63) is 54.0 Å². The first-order chi connectivity index (χ1) is 12.3. The van der Waals surface area contributed by atoms with Crippen LogP contribution < -0.4 is 5.32 Å². The second-order valence-corrected chi connectivity index (χ2v) is 6.05. The highest BCUT2D eigenvalue weighted by Crippen LogP contribution is 2.20. The zero-order valence-electron chi connectivity index (χ0n) is 14.0. The van der Waals surface area contributed by atoms with Gasteiger partial charge in [-0.25, -0.2) is 0 Å². The average Bonchev–Trinajstić information content (AvgIpc) is 3.25. The third-order valence-corrected chi connectivity index (χ3v) is 4.36. The molecule has 1 atom stereocenters. The molecule has 0 aliphatic heterocycles. The number of H-pyrrole nitrogens is 1. The van der Waals surface area contributed by atoms with Gasteiger partial charge in [-0.1, -0.05) is 25.1 Å². The summed E-state index contributed by atoms with van der Waals surface area (Å²) in [5.74, 6) is 1.51. The van der Waals surface area contributed by atoms with Gasteiger partial charge in [0, 0.05) is 23.5 Å². The highest BCUT2D eigenvalue weighted by Gasteiger charge is 2.13. The van der Waals surface area contributed by atoms with Crippen molar-refractivity contribution < 1.29 is 5.11 Å². The van der Waals surface area contributed by atoms with E-state index in [0.717, 1.165) is 23.4 Å². The minimum Gasteiger partial charge on any atom is -0.394 e. The predicted molar refractivity (Wildman–Crippen MR) is 96.7 cm³/mol. The fourth-order valence-electron chi connectivity index (χ4n) is 3.07. The normalized spacial score (nSPS) is 12.7. The van der Waals surface area contributed by atoms with E-state index >= 15 is 0 Å². The van der Waals surface area contributed by atoms with Gasteiger partial charge in [0.05, 0.1) is 12.6 Å². The lowest BCUT2D eigenvalue weighted by Gasteiger charge is -2.16. The number of aryl methyl sites for hydroxylation is 1. The summed E-state index contributed by atoms with van der Waals surface area (Å²) < 4.78 is 1.74. The molecule has 0 radical (unpaired) electrons. The van der Waals surface area contributed by atoms with E-state index in [1.54, 1.807) is 4.52 Å². The molecule has 3 N–H and O–H groups in total. The largest absolute Gasteiger partial charge is 0.394 e. The minimum atomic E-state index is -0.134. The van der Waals surface area contributed by atoms with Crippen molar-refractivity contribution in [2.45, 2.75) is 25.8 Å². The van der Waals surface area contributed by atoms with Crippen molar-refractivity contribution in [1.82, 2.24) is 24.8 Å². The van der Waals surface area contributed by atoms with Crippen molar-refractivity contribution in [2.24, 2.45) is 0 Å². The molecule has 0 fully saturated rings. The van der Waals surface area contributed by atoms with Crippen LogP contribution in [0.15, 0.2) is 42.6 Å². The van der Waals surface area contributed by atoms with Crippen LogP contribution in [0.5, 0.6) is 0 Å². The second-order valence-electron chi connectivity index (χ2n) is 6.05. The number of hydrogen-bond donors (Lipinski definition) is 3. The van der Waals surface area contributed by atoms with E-state index in [-0.39, 0.29) is 12.6 Å². The zero-order chi connectivity index (χ0) is 17.2. The van der Waals surface area contributed by atoms with Gasteiger partial charge in [-0.15, -0.1) is 15.3 Å². The molecule has 1 unspecified atom stereocenters. The number of nitrogens with zero attached hydrogens (tertiary/aromatic N) is 4. The lowest BCUT2D eigenvalue weighted by atomic mass is 10.1. The van der Waals surface area contributed by atoms with E-state index in [0.29, 0.717) is 12.2 Å². The Hall–Kier alpha value is -2.93. The van der Waals surface area contributed by atoms with Gasteiger partial charge in [0.1, 0.15) is 5.82 Å². The highest BCUT2D eigenvalue weighted by atomic mass is 16.3. The maximum Gasteiger partial charge on any atom is 0.178 e. The second kappa shape index (κ2) is 6.52. The van der Waals surface area contributed by atoms with Crippen LogP contribution in [-0.2, 0) is 12.8 Å². The Balaban J connectivity index is 1.57. The summed E-state index contributed by atoms with van der Waals surface area (Å²) in [6.45, 7) is 2.04. The smallest absolute Gasteiger partial charge is 0.178 e. The van der Waals surface area contributed by atoms with E-state index in [1.165, 1.54) is 10.9 Å². The summed E-state index contributed by atoms with van der Waals surface area (Å²) >= 11 is 0. The average molecular weight is 336 g/mol. The van der Waals surface area contributed by atoms with Gasteiger partial charge in [0.2, 0.25) is 0 Å². The predicted octanol–water partition coefficient (Wildman–Crippen LogP) is 2.18. The number of aromatic nitrogens is 5. The maximum absolute atomic E-state index is 9.80. The molecule has 1 aromatic carbocycles. The Morgan fingerprint density at radius 2 is 2.08 bits per heavy atom. The SMILES string of the molecule is CCc1nnc2ccc(NC(CO)Cc3c[nH]c4ccccc34)nn12. The molecule has 0 spiro atoms. The van der Waals surface area contributed by atoms with Crippen LogP contribution in [-0.4, -0.2) is 42.6 Å². The molecule has 4 aromatic rings. The lowest BCUT2D eigenvalue weighted by Crippen LogP contribution is -2.27. The number of aromatic amines is 1. The lowest BCUT2D eigenvalue weighted by molar-refractivity contribution is 0.273. The van der Waals surface area contributed by atoms with Crippen molar-refractivity contribution in [2.75, 3.05) is 11.9 Å². The number of hydrogen-bond acceptors (Lipinski definition) is 5. The molecule has 3 aromatic heterocycles. The van der Waals surface area contributed by atoms with Crippen LogP contribution in [0.4, 0.5) is 5.82 Å². The maximum atomic E-state index is 9.80. The van der Waals surface area contributed by atoms with Crippen LogP contribution in [0.3, 0.4) is 0 Å². The molecule has 0 amide bonds. The molecule has 4 rings (SSSR count). The third kappa shape index (κ3) is 2.94. The van der Waals surface area contributed by atoms with Gasteiger partial charge in [-0.2, -0.15) is 4.52 Å². The molecule has 25 heavy (non-hydrogen) atoms. The van der Waals surface area contributed by atoms with E-state index in [9.17, 15) is 5.11 Å². The van der Waals surface area contributed by atoms with Gasteiger partial charge in [-0.3, -0.25) is 0 Å². The number of aliphatic hydroxyl groups excluding tert-OH is 1. The number of fused-ring (bicyclic) bond motifs is 2. The molecule has 0 bridgehead atoms. The van der Waals surface area contributed by atoms with Gasteiger partial charge in [0.15, 0.2) is 11.5 Å².